The van der Waals surface area contributed by atoms with Gasteiger partial charge in [-0.15, -0.1) is 0 Å². The second kappa shape index (κ2) is 4.98. The fourth-order valence-corrected chi connectivity index (χ4v) is 4.22. The molecule has 21 heavy (non-hydrogen) atoms. The van der Waals surface area contributed by atoms with Crippen LogP contribution in [0.2, 0.25) is 0 Å². The molecule has 3 aliphatic rings. The summed E-state index contributed by atoms with van der Waals surface area (Å²) in [5, 5.41) is 0. The zero-order chi connectivity index (χ0) is 15.2. The molecule has 1 fully saturated rings. The van der Waals surface area contributed by atoms with Crippen molar-refractivity contribution in [3.8, 4) is 0 Å². The molecule has 0 spiro atoms. The first-order chi connectivity index (χ1) is 10.0. The molecule has 0 N–H and O–H groups in total. The zero-order valence-electron chi connectivity index (χ0n) is 12.5. The number of hydrogen-bond acceptors (Lipinski definition) is 5. The van der Waals surface area contributed by atoms with Gasteiger partial charge in [-0.05, 0) is 13.3 Å². The van der Waals surface area contributed by atoms with E-state index >= 15 is 0 Å². The summed E-state index contributed by atoms with van der Waals surface area (Å²) in [6.07, 6.45) is 3.96. The maximum Gasteiger partial charge on any atom is 0.307 e. The SMILES string of the molecule is COCC12C3CC=C(C)C1CC(=O)OC2C(OC)=CC3=O. The van der Waals surface area contributed by atoms with Crippen LogP contribution in [0.5, 0.6) is 0 Å². The van der Waals surface area contributed by atoms with Gasteiger partial charge in [-0.3, -0.25) is 9.59 Å². The number of carbonyl (C=O) groups is 2. The second-order valence-corrected chi connectivity index (χ2v) is 6.06. The molecular formula is C16H20O5. The maximum atomic E-state index is 12.5. The number of allylic oxidation sites excluding steroid dienone is 3. The van der Waals surface area contributed by atoms with Gasteiger partial charge in [0.05, 0.1) is 25.6 Å². The molecule has 4 atom stereocenters. The Morgan fingerprint density at radius 1 is 1.33 bits per heavy atom. The Labute approximate surface area is 123 Å². The highest BCUT2D eigenvalue weighted by molar-refractivity contribution is 5.95. The largest absolute Gasteiger partial charge is 0.497 e. The molecule has 0 saturated carbocycles. The van der Waals surface area contributed by atoms with E-state index in [4.69, 9.17) is 14.2 Å². The summed E-state index contributed by atoms with van der Waals surface area (Å²) >= 11 is 0. The molecule has 114 valence electrons. The lowest BCUT2D eigenvalue weighted by atomic mass is 9.53. The van der Waals surface area contributed by atoms with Gasteiger partial charge in [0.15, 0.2) is 11.9 Å². The van der Waals surface area contributed by atoms with Gasteiger partial charge in [-0.2, -0.15) is 0 Å². The first-order valence-corrected chi connectivity index (χ1v) is 7.19. The van der Waals surface area contributed by atoms with E-state index in [1.807, 2.05) is 6.92 Å². The fraction of sp³-hybridized carbons (Fsp3) is 0.625. The molecule has 0 amide bonds. The molecule has 0 aromatic heterocycles. The van der Waals surface area contributed by atoms with Crippen LogP contribution in [-0.2, 0) is 23.8 Å². The van der Waals surface area contributed by atoms with Gasteiger partial charge in [-0.1, -0.05) is 11.6 Å². The molecule has 2 aliphatic carbocycles. The van der Waals surface area contributed by atoms with E-state index in [0.29, 0.717) is 25.2 Å². The fourth-order valence-electron chi connectivity index (χ4n) is 4.22. The number of hydrogen-bond donors (Lipinski definition) is 0. The van der Waals surface area contributed by atoms with Crippen LogP contribution in [-0.4, -0.2) is 38.7 Å². The van der Waals surface area contributed by atoms with Crippen LogP contribution in [0.4, 0.5) is 0 Å². The van der Waals surface area contributed by atoms with Gasteiger partial charge >= 0.3 is 5.97 Å². The summed E-state index contributed by atoms with van der Waals surface area (Å²) in [5.41, 5.74) is 0.591. The third kappa shape index (κ3) is 1.87. The lowest BCUT2D eigenvalue weighted by Crippen LogP contribution is -2.61. The molecule has 0 aromatic rings. The highest BCUT2D eigenvalue weighted by Gasteiger charge is 2.63. The molecule has 1 heterocycles. The molecule has 4 unspecified atom stereocenters. The molecule has 1 aliphatic heterocycles. The molecule has 0 aromatic carbocycles. The first kappa shape index (κ1) is 14.3. The third-order valence-electron chi connectivity index (χ3n) is 5.15. The first-order valence-electron chi connectivity index (χ1n) is 7.19. The quantitative estimate of drug-likeness (QED) is 0.584. The minimum Gasteiger partial charge on any atom is -0.497 e. The number of ether oxygens (including phenoxy) is 3. The van der Waals surface area contributed by atoms with E-state index in [9.17, 15) is 9.59 Å². The molecule has 0 bridgehead atoms. The summed E-state index contributed by atoms with van der Waals surface area (Å²) in [6.45, 7) is 2.39. The predicted molar refractivity (Wildman–Crippen MR) is 74.3 cm³/mol. The van der Waals surface area contributed by atoms with Crippen molar-refractivity contribution in [1.82, 2.24) is 0 Å². The van der Waals surface area contributed by atoms with Crippen molar-refractivity contribution >= 4 is 11.8 Å². The van der Waals surface area contributed by atoms with E-state index in [1.165, 1.54) is 13.2 Å². The van der Waals surface area contributed by atoms with E-state index in [1.54, 1.807) is 7.11 Å². The molecule has 3 rings (SSSR count). The summed E-state index contributed by atoms with van der Waals surface area (Å²) < 4.78 is 16.4. The normalized spacial score (nSPS) is 38.1. The van der Waals surface area contributed by atoms with Crippen LogP contribution in [0, 0.1) is 17.3 Å². The topological polar surface area (TPSA) is 61.8 Å². The van der Waals surface area contributed by atoms with Gasteiger partial charge in [0, 0.05) is 25.0 Å². The average molecular weight is 292 g/mol. The van der Waals surface area contributed by atoms with Crippen molar-refractivity contribution in [3.05, 3.63) is 23.5 Å². The lowest BCUT2D eigenvalue weighted by molar-refractivity contribution is -0.193. The van der Waals surface area contributed by atoms with Crippen molar-refractivity contribution in [2.24, 2.45) is 17.3 Å². The second-order valence-electron chi connectivity index (χ2n) is 6.06. The monoisotopic (exact) mass is 292 g/mol. The molecule has 5 nitrogen and oxygen atoms in total. The summed E-state index contributed by atoms with van der Waals surface area (Å²) in [4.78, 5) is 24.5. The standard InChI is InChI=1S/C16H20O5/c1-9-4-5-10-12(17)7-13(20-3)15-16(10,8-19-2)11(9)6-14(18)21-15/h4,7,10-11,15H,5-6,8H2,1-3H3. The van der Waals surface area contributed by atoms with Gasteiger partial charge in [0.2, 0.25) is 0 Å². The van der Waals surface area contributed by atoms with Crippen molar-refractivity contribution in [2.45, 2.75) is 25.9 Å². The van der Waals surface area contributed by atoms with Gasteiger partial charge in [-0.25, -0.2) is 0 Å². The Balaban J connectivity index is 2.19. The Morgan fingerprint density at radius 3 is 2.76 bits per heavy atom. The van der Waals surface area contributed by atoms with E-state index in [-0.39, 0.29) is 23.6 Å². The summed E-state index contributed by atoms with van der Waals surface area (Å²) in [5.74, 6) is -0.0382. The Hall–Kier alpha value is -1.62. The van der Waals surface area contributed by atoms with E-state index in [2.05, 4.69) is 6.08 Å². The zero-order valence-corrected chi connectivity index (χ0v) is 12.5. The van der Waals surface area contributed by atoms with E-state index < -0.39 is 11.5 Å². The van der Waals surface area contributed by atoms with Crippen LogP contribution in [0.1, 0.15) is 19.8 Å². The van der Waals surface area contributed by atoms with E-state index in [0.717, 1.165) is 5.57 Å². The van der Waals surface area contributed by atoms with Crippen molar-refractivity contribution in [3.63, 3.8) is 0 Å². The Kier molecular flexibility index (Phi) is 3.40. The lowest BCUT2D eigenvalue weighted by Gasteiger charge is -2.55. The van der Waals surface area contributed by atoms with Gasteiger partial charge in [0.1, 0.15) is 5.76 Å². The van der Waals surface area contributed by atoms with Crippen LogP contribution in [0.25, 0.3) is 0 Å². The number of methoxy groups -OCH3 is 2. The van der Waals surface area contributed by atoms with Crippen LogP contribution >= 0.6 is 0 Å². The average Bonchev–Trinajstić information content (AvgIpc) is 2.45. The Morgan fingerprint density at radius 2 is 2.10 bits per heavy atom. The Bertz CT molecular complexity index is 547. The summed E-state index contributed by atoms with van der Waals surface area (Å²) in [7, 11) is 3.12. The number of ketones is 1. The predicted octanol–water partition coefficient (Wildman–Crippen LogP) is 1.63. The molecule has 5 heteroatoms. The van der Waals surface area contributed by atoms with Crippen LogP contribution in [0.3, 0.4) is 0 Å². The van der Waals surface area contributed by atoms with Crippen LogP contribution < -0.4 is 0 Å². The maximum absolute atomic E-state index is 12.5. The number of esters is 1. The number of carbonyl (C=O) groups excluding carboxylic acids is 2. The van der Waals surface area contributed by atoms with Crippen molar-refractivity contribution in [1.29, 1.82) is 0 Å². The highest BCUT2D eigenvalue weighted by atomic mass is 16.6. The minimum absolute atomic E-state index is 0.0341. The van der Waals surface area contributed by atoms with Gasteiger partial charge in [0.25, 0.3) is 0 Å². The van der Waals surface area contributed by atoms with Gasteiger partial charge < -0.3 is 14.2 Å². The highest BCUT2D eigenvalue weighted by Crippen LogP contribution is 2.56. The number of rotatable bonds is 3. The minimum atomic E-state index is -0.543. The molecule has 1 saturated heterocycles. The molecule has 0 radical (unpaired) electrons. The molecular weight excluding hydrogens is 272 g/mol. The van der Waals surface area contributed by atoms with Crippen molar-refractivity contribution < 1.29 is 23.8 Å². The van der Waals surface area contributed by atoms with Crippen LogP contribution in [0.15, 0.2) is 23.5 Å². The smallest absolute Gasteiger partial charge is 0.307 e. The summed E-state index contributed by atoms with van der Waals surface area (Å²) in [6, 6.07) is 0. The third-order valence-corrected chi connectivity index (χ3v) is 5.15. The van der Waals surface area contributed by atoms with Crippen molar-refractivity contribution in [2.75, 3.05) is 20.8 Å².